The second-order valence-corrected chi connectivity index (χ2v) is 5.50. The summed E-state index contributed by atoms with van der Waals surface area (Å²) in [7, 11) is 0. The number of aromatic nitrogens is 1. The molecule has 0 aliphatic carbocycles. The van der Waals surface area contributed by atoms with Gasteiger partial charge in [-0.1, -0.05) is 20.8 Å². The molecule has 0 radical (unpaired) electrons. The van der Waals surface area contributed by atoms with Crippen molar-refractivity contribution in [2.75, 3.05) is 0 Å². The topological polar surface area (TPSA) is 15.8 Å². The van der Waals surface area contributed by atoms with E-state index in [-0.39, 0.29) is 5.41 Å². The van der Waals surface area contributed by atoms with Crippen molar-refractivity contribution in [1.29, 1.82) is 0 Å². The Morgan fingerprint density at radius 2 is 1.93 bits per heavy atom. The van der Waals surface area contributed by atoms with E-state index in [2.05, 4.69) is 59.9 Å². The van der Waals surface area contributed by atoms with Crippen LogP contribution in [0.1, 0.15) is 26.3 Å². The Morgan fingerprint density at radius 1 is 1.21 bits per heavy atom. The van der Waals surface area contributed by atoms with Crippen molar-refractivity contribution in [3.8, 4) is 0 Å². The van der Waals surface area contributed by atoms with Crippen LogP contribution in [0.15, 0.2) is 28.9 Å². The van der Waals surface area contributed by atoms with Gasteiger partial charge in [0.2, 0.25) is 0 Å². The lowest BCUT2D eigenvalue weighted by Crippen LogP contribution is -2.10. The molecule has 1 aromatic heterocycles. The first-order chi connectivity index (χ1) is 6.48. The summed E-state index contributed by atoms with van der Waals surface area (Å²) in [6.07, 6.45) is 1.97. The second-order valence-electron chi connectivity index (χ2n) is 4.65. The standard InChI is InChI=1S/C12H14BrN/c1-12(2,3)9-6-8-4-5-14-11(8)10(13)7-9/h4-7,14H,1-3H3. The Bertz CT molecular complexity index is 463. The molecule has 2 heteroatoms. The number of hydrogen-bond acceptors (Lipinski definition) is 0. The van der Waals surface area contributed by atoms with Crippen molar-refractivity contribution < 1.29 is 0 Å². The molecule has 74 valence electrons. The maximum absolute atomic E-state index is 3.59. The van der Waals surface area contributed by atoms with Crippen molar-refractivity contribution in [2.24, 2.45) is 0 Å². The summed E-state index contributed by atoms with van der Waals surface area (Å²) >= 11 is 3.59. The molecule has 2 aromatic rings. The van der Waals surface area contributed by atoms with Crippen molar-refractivity contribution >= 4 is 26.8 Å². The number of nitrogens with one attached hydrogen (secondary N) is 1. The van der Waals surface area contributed by atoms with Crippen LogP contribution in [0.25, 0.3) is 10.9 Å². The molecule has 0 saturated heterocycles. The van der Waals surface area contributed by atoms with Gasteiger partial charge >= 0.3 is 0 Å². The van der Waals surface area contributed by atoms with Crippen LogP contribution in [0.5, 0.6) is 0 Å². The summed E-state index contributed by atoms with van der Waals surface area (Å²) in [5.41, 5.74) is 2.74. The van der Waals surface area contributed by atoms with Gasteiger partial charge in [0.05, 0.1) is 5.52 Å². The Labute approximate surface area is 92.6 Å². The van der Waals surface area contributed by atoms with E-state index < -0.39 is 0 Å². The molecule has 14 heavy (non-hydrogen) atoms. The van der Waals surface area contributed by atoms with Crippen LogP contribution < -0.4 is 0 Å². The van der Waals surface area contributed by atoms with Crippen molar-refractivity contribution in [3.05, 3.63) is 34.4 Å². The highest BCUT2D eigenvalue weighted by Crippen LogP contribution is 2.30. The van der Waals surface area contributed by atoms with Crippen LogP contribution >= 0.6 is 15.9 Å². The molecule has 0 saturated carbocycles. The van der Waals surface area contributed by atoms with E-state index in [0.717, 1.165) is 4.47 Å². The summed E-state index contributed by atoms with van der Waals surface area (Å²) in [4.78, 5) is 3.22. The summed E-state index contributed by atoms with van der Waals surface area (Å²) in [6.45, 7) is 6.69. The molecule has 1 aromatic carbocycles. The molecule has 0 spiro atoms. The SMILES string of the molecule is CC(C)(C)c1cc(Br)c2[nH]ccc2c1. The average Bonchev–Trinajstić information content (AvgIpc) is 2.50. The van der Waals surface area contributed by atoms with Gasteiger partial charge in [-0.3, -0.25) is 0 Å². The minimum Gasteiger partial charge on any atom is -0.360 e. The predicted molar refractivity (Wildman–Crippen MR) is 64.7 cm³/mol. The third-order valence-corrected chi connectivity index (χ3v) is 3.10. The largest absolute Gasteiger partial charge is 0.360 e. The molecule has 1 heterocycles. The van der Waals surface area contributed by atoms with Gasteiger partial charge in [0.15, 0.2) is 0 Å². The van der Waals surface area contributed by atoms with Gasteiger partial charge in [0, 0.05) is 16.1 Å². The van der Waals surface area contributed by atoms with Crippen LogP contribution in [0.4, 0.5) is 0 Å². The van der Waals surface area contributed by atoms with Crippen LogP contribution in [-0.4, -0.2) is 4.98 Å². The van der Waals surface area contributed by atoms with Gasteiger partial charge in [-0.05, 0) is 45.1 Å². The molecule has 2 rings (SSSR count). The molecule has 0 atom stereocenters. The molecule has 0 aliphatic rings. The van der Waals surface area contributed by atoms with Gasteiger partial charge in [0.25, 0.3) is 0 Å². The lowest BCUT2D eigenvalue weighted by molar-refractivity contribution is 0.591. The fourth-order valence-electron chi connectivity index (χ4n) is 1.56. The normalized spacial score (nSPS) is 12.3. The molecule has 0 unspecified atom stereocenters. The van der Waals surface area contributed by atoms with E-state index in [4.69, 9.17) is 0 Å². The molecule has 1 N–H and O–H groups in total. The Balaban J connectivity index is 2.70. The Kier molecular flexibility index (Phi) is 2.18. The van der Waals surface area contributed by atoms with Crippen LogP contribution in [0.2, 0.25) is 0 Å². The molecule has 0 amide bonds. The highest BCUT2D eigenvalue weighted by molar-refractivity contribution is 9.10. The first-order valence-electron chi connectivity index (χ1n) is 4.75. The molecule has 0 fully saturated rings. The van der Waals surface area contributed by atoms with Gasteiger partial charge < -0.3 is 4.98 Å². The number of aromatic amines is 1. The Hall–Kier alpha value is -0.760. The van der Waals surface area contributed by atoms with E-state index in [9.17, 15) is 0 Å². The number of benzene rings is 1. The lowest BCUT2D eigenvalue weighted by Gasteiger charge is -2.19. The number of H-pyrrole nitrogens is 1. The maximum atomic E-state index is 3.59. The summed E-state index contributed by atoms with van der Waals surface area (Å²) in [6, 6.07) is 6.55. The predicted octanol–water partition coefficient (Wildman–Crippen LogP) is 4.23. The average molecular weight is 252 g/mol. The third-order valence-electron chi connectivity index (χ3n) is 2.48. The number of rotatable bonds is 0. The minimum absolute atomic E-state index is 0.202. The van der Waals surface area contributed by atoms with Gasteiger partial charge in [-0.25, -0.2) is 0 Å². The van der Waals surface area contributed by atoms with Crippen molar-refractivity contribution in [3.63, 3.8) is 0 Å². The van der Waals surface area contributed by atoms with Crippen LogP contribution in [0.3, 0.4) is 0 Å². The highest BCUT2D eigenvalue weighted by Gasteiger charge is 2.15. The van der Waals surface area contributed by atoms with Crippen LogP contribution in [0, 0.1) is 0 Å². The molecule has 0 bridgehead atoms. The zero-order valence-corrected chi connectivity index (χ0v) is 10.3. The van der Waals surface area contributed by atoms with Crippen molar-refractivity contribution in [1.82, 2.24) is 4.98 Å². The van der Waals surface area contributed by atoms with Gasteiger partial charge in [-0.2, -0.15) is 0 Å². The number of hydrogen-bond donors (Lipinski definition) is 1. The number of halogens is 1. The zero-order valence-electron chi connectivity index (χ0n) is 8.69. The summed E-state index contributed by atoms with van der Waals surface area (Å²) in [5.74, 6) is 0. The molecule has 0 aliphatic heterocycles. The van der Waals surface area contributed by atoms with Gasteiger partial charge in [0.1, 0.15) is 0 Å². The molecular weight excluding hydrogens is 238 g/mol. The maximum Gasteiger partial charge on any atom is 0.0598 e. The van der Waals surface area contributed by atoms with E-state index >= 15 is 0 Å². The monoisotopic (exact) mass is 251 g/mol. The van der Waals surface area contributed by atoms with E-state index in [1.807, 2.05) is 6.20 Å². The minimum atomic E-state index is 0.202. The highest BCUT2D eigenvalue weighted by atomic mass is 79.9. The number of fused-ring (bicyclic) bond motifs is 1. The fourth-order valence-corrected chi connectivity index (χ4v) is 2.15. The van der Waals surface area contributed by atoms with E-state index in [1.54, 1.807) is 0 Å². The summed E-state index contributed by atoms with van der Waals surface area (Å²) in [5, 5.41) is 1.27. The molecular formula is C12H14BrN. The fraction of sp³-hybridized carbons (Fsp3) is 0.333. The first kappa shape index (κ1) is 9.78. The van der Waals surface area contributed by atoms with E-state index in [1.165, 1.54) is 16.5 Å². The third kappa shape index (κ3) is 1.59. The zero-order chi connectivity index (χ0) is 10.3. The van der Waals surface area contributed by atoms with Gasteiger partial charge in [-0.15, -0.1) is 0 Å². The summed E-state index contributed by atoms with van der Waals surface area (Å²) < 4.78 is 1.14. The first-order valence-corrected chi connectivity index (χ1v) is 5.55. The second kappa shape index (κ2) is 3.13. The Morgan fingerprint density at radius 3 is 2.57 bits per heavy atom. The smallest absolute Gasteiger partial charge is 0.0598 e. The van der Waals surface area contributed by atoms with E-state index in [0.29, 0.717) is 0 Å². The quantitative estimate of drug-likeness (QED) is 0.722. The lowest BCUT2D eigenvalue weighted by atomic mass is 9.86. The van der Waals surface area contributed by atoms with Crippen LogP contribution in [-0.2, 0) is 5.41 Å². The molecule has 1 nitrogen and oxygen atoms in total. The van der Waals surface area contributed by atoms with Crippen molar-refractivity contribution in [2.45, 2.75) is 26.2 Å².